The highest BCUT2D eigenvalue weighted by Crippen LogP contribution is 2.47. The molecule has 0 radical (unpaired) electrons. The number of rotatable bonds is 16. The maximum Gasteiger partial charge on any atom is 0.504 e. The van der Waals surface area contributed by atoms with Gasteiger partial charge in [0.2, 0.25) is 0 Å². The summed E-state index contributed by atoms with van der Waals surface area (Å²) in [6.07, 6.45) is 4.64. The minimum atomic E-state index is -2.68. The smallest absolute Gasteiger partial charge is 0.374 e. The number of hydrogen-bond donors (Lipinski definition) is 0. The molecule has 0 saturated heterocycles. The molecular formula is C22H48O6Si2. The van der Waals surface area contributed by atoms with E-state index < -0.39 is 17.6 Å². The molecule has 0 bridgehead atoms. The third-order valence-corrected chi connectivity index (χ3v) is 13.7. The molecular weight excluding hydrogens is 416 g/mol. The summed E-state index contributed by atoms with van der Waals surface area (Å²) >= 11 is 0. The first-order valence-electron chi connectivity index (χ1n) is 12.2. The highest BCUT2D eigenvalue weighted by atomic mass is 28.4. The molecule has 180 valence electrons. The summed E-state index contributed by atoms with van der Waals surface area (Å²) in [6.45, 7) is 20.5. The van der Waals surface area contributed by atoms with Gasteiger partial charge >= 0.3 is 17.6 Å². The van der Waals surface area contributed by atoms with Crippen LogP contribution in [0.2, 0.25) is 11.1 Å². The Kier molecular flexibility index (Phi) is 13.5. The maximum absolute atomic E-state index is 6.19. The molecule has 0 aromatic heterocycles. The predicted octanol–water partition coefficient (Wildman–Crippen LogP) is 5.67. The van der Waals surface area contributed by atoms with Crippen molar-refractivity contribution in [1.82, 2.24) is 0 Å². The Bertz CT molecular complexity index is 371. The molecule has 6 nitrogen and oxygen atoms in total. The Hall–Kier alpha value is 0.194. The predicted molar refractivity (Wildman–Crippen MR) is 126 cm³/mol. The molecule has 0 N–H and O–H groups in total. The zero-order valence-corrected chi connectivity index (χ0v) is 22.8. The lowest BCUT2D eigenvalue weighted by Gasteiger charge is -2.43. The molecule has 0 aliphatic heterocycles. The highest BCUT2D eigenvalue weighted by molar-refractivity contribution is 6.62. The van der Waals surface area contributed by atoms with Gasteiger partial charge in [0.25, 0.3) is 0 Å². The van der Waals surface area contributed by atoms with E-state index in [-0.39, 0.29) is 0 Å². The lowest BCUT2D eigenvalue weighted by molar-refractivity contribution is 0.0426. The molecule has 0 amide bonds. The van der Waals surface area contributed by atoms with Crippen LogP contribution in [0.3, 0.4) is 0 Å². The van der Waals surface area contributed by atoms with Crippen LogP contribution >= 0.6 is 0 Å². The number of hydrogen-bond acceptors (Lipinski definition) is 6. The molecule has 1 saturated carbocycles. The summed E-state index contributed by atoms with van der Waals surface area (Å²) in [5.74, 6) is 1.12. The second kappa shape index (κ2) is 14.4. The minimum absolute atomic E-state index is 0.307. The van der Waals surface area contributed by atoms with E-state index in [1.807, 2.05) is 41.5 Å². The van der Waals surface area contributed by atoms with Crippen LogP contribution in [0.4, 0.5) is 0 Å². The van der Waals surface area contributed by atoms with Gasteiger partial charge in [-0.25, -0.2) is 0 Å². The first-order chi connectivity index (χ1) is 14.4. The van der Waals surface area contributed by atoms with Crippen LogP contribution in [0.1, 0.15) is 81.1 Å². The zero-order valence-electron chi connectivity index (χ0n) is 20.8. The van der Waals surface area contributed by atoms with E-state index in [0.29, 0.717) is 62.6 Å². The first-order valence-corrected chi connectivity index (χ1v) is 15.8. The van der Waals surface area contributed by atoms with Gasteiger partial charge in [0.05, 0.1) is 0 Å². The largest absolute Gasteiger partial charge is 0.504 e. The molecule has 1 rings (SSSR count). The van der Waals surface area contributed by atoms with Crippen molar-refractivity contribution in [1.29, 1.82) is 0 Å². The van der Waals surface area contributed by atoms with Gasteiger partial charge in [0.15, 0.2) is 0 Å². The van der Waals surface area contributed by atoms with Crippen molar-refractivity contribution in [3.8, 4) is 0 Å². The van der Waals surface area contributed by atoms with Crippen molar-refractivity contribution in [3.63, 3.8) is 0 Å². The van der Waals surface area contributed by atoms with E-state index in [9.17, 15) is 0 Å². The lowest BCUT2D eigenvalue weighted by atomic mass is 9.79. The lowest BCUT2D eigenvalue weighted by Crippen LogP contribution is -2.53. The molecule has 1 aliphatic carbocycles. The average Bonchev–Trinajstić information content (AvgIpc) is 2.74. The SMILES string of the molecule is CCO[Si](OCC)(OCC)C(C)C1CCC(C(C)[Si](OCC)(OCC)OCC)CC1. The van der Waals surface area contributed by atoms with Gasteiger partial charge in [-0.1, -0.05) is 13.8 Å². The van der Waals surface area contributed by atoms with Gasteiger partial charge in [0.1, 0.15) is 0 Å². The average molecular weight is 465 g/mol. The Labute approximate surface area is 188 Å². The van der Waals surface area contributed by atoms with Crippen LogP contribution in [-0.4, -0.2) is 57.3 Å². The topological polar surface area (TPSA) is 55.4 Å². The van der Waals surface area contributed by atoms with Crippen LogP contribution in [0.5, 0.6) is 0 Å². The maximum atomic E-state index is 6.19. The minimum Gasteiger partial charge on any atom is -0.374 e. The van der Waals surface area contributed by atoms with E-state index in [1.165, 1.54) is 0 Å². The molecule has 0 aromatic carbocycles. The third-order valence-electron chi connectivity index (χ3n) is 6.42. The Morgan fingerprint density at radius 1 is 0.500 bits per heavy atom. The van der Waals surface area contributed by atoms with Crippen LogP contribution in [0, 0.1) is 11.8 Å². The van der Waals surface area contributed by atoms with Crippen molar-refractivity contribution in [2.75, 3.05) is 39.6 Å². The Morgan fingerprint density at radius 2 is 0.700 bits per heavy atom. The molecule has 1 aliphatic rings. The quantitative estimate of drug-likeness (QED) is 0.274. The van der Waals surface area contributed by atoms with Gasteiger partial charge < -0.3 is 26.6 Å². The highest BCUT2D eigenvalue weighted by Gasteiger charge is 2.53. The normalized spacial score (nSPS) is 22.8. The fourth-order valence-electron chi connectivity index (χ4n) is 4.97. The summed E-state index contributed by atoms with van der Waals surface area (Å²) in [6, 6.07) is 0. The van der Waals surface area contributed by atoms with Crippen molar-refractivity contribution >= 4 is 17.6 Å². The fraction of sp³-hybridized carbons (Fsp3) is 1.00. The van der Waals surface area contributed by atoms with Gasteiger partial charge in [-0.15, -0.1) is 0 Å². The van der Waals surface area contributed by atoms with Gasteiger partial charge in [-0.2, -0.15) is 0 Å². The van der Waals surface area contributed by atoms with Gasteiger partial charge in [0, 0.05) is 50.7 Å². The van der Waals surface area contributed by atoms with Crippen molar-refractivity contribution in [2.24, 2.45) is 11.8 Å². The fourth-order valence-corrected chi connectivity index (χ4v) is 11.3. The van der Waals surface area contributed by atoms with Crippen LogP contribution < -0.4 is 0 Å². The van der Waals surface area contributed by atoms with Crippen LogP contribution in [0.25, 0.3) is 0 Å². The van der Waals surface area contributed by atoms with Crippen molar-refractivity contribution < 1.29 is 26.6 Å². The Balaban J connectivity index is 2.88. The second-order valence-corrected chi connectivity index (χ2v) is 14.0. The van der Waals surface area contributed by atoms with Gasteiger partial charge in [-0.3, -0.25) is 0 Å². The van der Waals surface area contributed by atoms with E-state index in [4.69, 9.17) is 26.6 Å². The Morgan fingerprint density at radius 3 is 0.867 bits per heavy atom. The third kappa shape index (κ3) is 7.10. The van der Waals surface area contributed by atoms with Crippen molar-refractivity contribution in [3.05, 3.63) is 0 Å². The summed E-state index contributed by atoms with van der Waals surface area (Å²) in [4.78, 5) is 0. The molecule has 2 atom stereocenters. The molecule has 0 aromatic rings. The van der Waals surface area contributed by atoms with Crippen LogP contribution in [0.15, 0.2) is 0 Å². The van der Waals surface area contributed by atoms with Crippen LogP contribution in [-0.2, 0) is 26.6 Å². The van der Waals surface area contributed by atoms with E-state index in [0.717, 1.165) is 25.7 Å². The zero-order chi connectivity index (χ0) is 22.6. The van der Waals surface area contributed by atoms with Crippen molar-refractivity contribution in [2.45, 2.75) is 92.2 Å². The van der Waals surface area contributed by atoms with E-state index >= 15 is 0 Å². The first kappa shape index (κ1) is 28.2. The molecule has 2 unspecified atom stereocenters. The molecule has 1 fully saturated rings. The summed E-state index contributed by atoms with van der Waals surface area (Å²) in [5.41, 5.74) is 0.613. The summed E-state index contributed by atoms with van der Waals surface area (Å²) in [7, 11) is -5.35. The monoisotopic (exact) mass is 464 g/mol. The summed E-state index contributed by atoms with van der Waals surface area (Å²) < 4.78 is 37.1. The molecule has 0 heterocycles. The van der Waals surface area contributed by atoms with E-state index in [1.54, 1.807) is 0 Å². The molecule has 0 spiro atoms. The second-order valence-electron chi connectivity index (χ2n) is 8.06. The molecule has 30 heavy (non-hydrogen) atoms. The summed E-state index contributed by atoms with van der Waals surface area (Å²) in [5, 5.41) is 0. The van der Waals surface area contributed by atoms with E-state index in [2.05, 4.69) is 13.8 Å². The standard InChI is InChI=1S/C22H48O6Si2/c1-9-23-29(24-10-2,25-11-3)19(7)21-15-17-22(18-16-21)20(8)30(26-12-4,27-13-5)28-14-6/h19-22H,9-18H2,1-8H3. The van der Waals surface area contributed by atoms with Gasteiger partial charge in [-0.05, 0) is 79.1 Å². The molecule has 8 heteroatoms.